The molecule has 5 heteroatoms. The minimum absolute atomic E-state index is 0.647. The lowest BCUT2D eigenvalue weighted by molar-refractivity contribution is 0.204. The van der Waals surface area contributed by atoms with Gasteiger partial charge in [0.25, 0.3) is 0 Å². The second-order valence-corrected chi connectivity index (χ2v) is 6.59. The molecule has 2 aromatic rings. The van der Waals surface area contributed by atoms with Crippen molar-refractivity contribution in [1.82, 2.24) is 24.3 Å². The summed E-state index contributed by atoms with van der Waals surface area (Å²) in [5.74, 6) is 0. The zero-order valence-corrected chi connectivity index (χ0v) is 14.2. The van der Waals surface area contributed by atoms with E-state index in [9.17, 15) is 0 Å². The average molecular weight is 313 g/mol. The molecule has 2 aromatic heterocycles. The van der Waals surface area contributed by atoms with Crippen LogP contribution in [0.25, 0.3) is 0 Å². The maximum Gasteiger partial charge on any atom is 0.0945 e. The van der Waals surface area contributed by atoms with Crippen molar-refractivity contribution in [2.24, 2.45) is 7.05 Å². The maximum absolute atomic E-state index is 4.45. The molecule has 0 aromatic carbocycles. The Hall–Kier alpha value is -1.72. The van der Waals surface area contributed by atoms with Crippen LogP contribution in [0.5, 0.6) is 0 Å². The van der Waals surface area contributed by atoms with E-state index >= 15 is 0 Å². The number of rotatable bonds is 5. The van der Waals surface area contributed by atoms with Crippen LogP contribution in [-0.4, -0.2) is 50.5 Å². The molecule has 0 saturated carbocycles. The Morgan fingerprint density at radius 2 is 2.17 bits per heavy atom. The fourth-order valence-electron chi connectivity index (χ4n) is 3.38. The van der Waals surface area contributed by atoms with Gasteiger partial charge in [0.05, 0.1) is 17.7 Å². The molecular weight excluding hydrogens is 286 g/mol. The number of hydrogen-bond donors (Lipinski definition) is 0. The lowest BCUT2D eigenvalue weighted by Crippen LogP contribution is -2.33. The molecule has 1 saturated heterocycles. The van der Waals surface area contributed by atoms with E-state index in [-0.39, 0.29) is 0 Å². The predicted molar refractivity (Wildman–Crippen MR) is 91.8 cm³/mol. The molecule has 0 radical (unpaired) electrons. The molecule has 1 aliphatic heterocycles. The van der Waals surface area contributed by atoms with Gasteiger partial charge in [-0.1, -0.05) is 6.07 Å². The van der Waals surface area contributed by atoms with Gasteiger partial charge in [-0.2, -0.15) is 0 Å². The van der Waals surface area contributed by atoms with E-state index in [2.05, 4.69) is 50.6 Å². The second kappa shape index (κ2) is 7.70. The molecule has 124 valence electrons. The smallest absolute Gasteiger partial charge is 0.0945 e. The molecule has 0 bridgehead atoms. The number of nitrogens with zero attached hydrogens (tertiary/aromatic N) is 5. The summed E-state index contributed by atoms with van der Waals surface area (Å²) in [5, 5.41) is 0. The predicted octanol–water partition coefficient (Wildman–Crippen LogP) is 2.30. The molecule has 1 atom stereocenters. The van der Waals surface area contributed by atoms with Crippen LogP contribution >= 0.6 is 0 Å². The number of aryl methyl sites for hydroxylation is 1. The van der Waals surface area contributed by atoms with Crippen LogP contribution in [0.4, 0.5) is 0 Å². The standard InChI is InChI=1S/C18H27N5/c1-21(13-16-6-3-4-9-20-16)17-7-5-10-23(11-8-17)14-18-12-19-15-22(18)2/h3-4,6,9,12,15,17H,5,7-8,10-11,13-14H2,1-2H3/t17-/m0/s1. The number of aromatic nitrogens is 3. The highest BCUT2D eigenvalue weighted by molar-refractivity contribution is 5.03. The lowest BCUT2D eigenvalue weighted by atomic mass is 10.1. The molecular formula is C18H27N5. The van der Waals surface area contributed by atoms with Crippen molar-refractivity contribution in [2.75, 3.05) is 20.1 Å². The van der Waals surface area contributed by atoms with E-state index in [4.69, 9.17) is 0 Å². The minimum Gasteiger partial charge on any atom is -0.337 e. The topological polar surface area (TPSA) is 37.2 Å². The Bertz CT molecular complexity index is 594. The normalized spacial score (nSPS) is 19.9. The molecule has 3 heterocycles. The molecule has 0 unspecified atom stereocenters. The van der Waals surface area contributed by atoms with Crippen LogP contribution in [0.1, 0.15) is 30.7 Å². The summed E-state index contributed by atoms with van der Waals surface area (Å²) in [5.41, 5.74) is 2.45. The first kappa shape index (κ1) is 16.1. The summed E-state index contributed by atoms with van der Waals surface area (Å²) < 4.78 is 2.12. The summed E-state index contributed by atoms with van der Waals surface area (Å²) in [6, 6.07) is 6.81. The third-order valence-electron chi connectivity index (χ3n) is 4.85. The van der Waals surface area contributed by atoms with Gasteiger partial charge in [0.1, 0.15) is 0 Å². The van der Waals surface area contributed by atoms with E-state index < -0.39 is 0 Å². The highest BCUT2D eigenvalue weighted by Gasteiger charge is 2.21. The molecule has 3 rings (SSSR count). The van der Waals surface area contributed by atoms with Crippen molar-refractivity contribution in [3.8, 4) is 0 Å². The van der Waals surface area contributed by atoms with Crippen LogP contribution in [-0.2, 0) is 20.1 Å². The number of likely N-dealkylation sites (tertiary alicyclic amines) is 1. The summed E-state index contributed by atoms with van der Waals surface area (Å²) in [6.07, 6.45) is 9.50. The van der Waals surface area contributed by atoms with Crippen molar-refractivity contribution >= 4 is 0 Å². The van der Waals surface area contributed by atoms with E-state index in [1.807, 2.05) is 24.8 Å². The SMILES string of the molecule is CN(Cc1ccccn1)[C@H]1CCCN(Cc2cncn2C)CC1. The maximum atomic E-state index is 4.45. The van der Waals surface area contributed by atoms with Crippen molar-refractivity contribution in [3.05, 3.63) is 48.3 Å². The van der Waals surface area contributed by atoms with Gasteiger partial charge in [0.2, 0.25) is 0 Å². The van der Waals surface area contributed by atoms with E-state index in [1.54, 1.807) is 0 Å². The molecule has 5 nitrogen and oxygen atoms in total. The number of hydrogen-bond acceptors (Lipinski definition) is 4. The molecule has 1 aliphatic rings. The zero-order valence-electron chi connectivity index (χ0n) is 14.2. The van der Waals surface area contributed by atoms with Gasteiger partial charge in [-0.25, -0.2) is 4.98 Å². The van der Waals surface area contributed by atoms with Crippen LogP contribution in [0.2, 0.25) is 0 Å². The monoisotopic (exact) mass is 313 g/mol. The zero-order chi connectivity index (χ0) is 16.1. The van der Waals surface area contributed by atoms with Crippen LogP contribution in [0.3, 0.4) is 0 Å². The highest BCUT2D eigenvalue weighted by atomic mass is 15.2. The van der Waals surface area contributed by atoms with Gasteiger partial charge in [-0.15, -0.1) is 0 Å². The molecule has 23 heavy (non-hydrogen) atoms. The van der Waals surface area contributed by atoms with Gasteiger partial charge < -0.3 is 4.57 Å². The molecule has 0 N–H and O–H groups in total. The van der Waals surface area contributed by atoms with Crippen LogP contribution in [0, 0.1) is 0 Å². The summed E-state index contributed by atoms with van der Waals surface area (Å²) in [6.45, 7) is 4.28. The molecule has 0 aliphatic carbocycles. The summed E-state index contributed by atoms with van der Waals surface area (Å²) >= 11 is 0. The van der Waals surface area contributed by atoms with Gasteiger partial charge in [-0.05, 0) is 45.0 Å². The largest absolute Gasteiger partial charge is 0.337 e. The minimum atomic E-state index is 0.647. The third kappa shape index (κ3) is 4.39. The average Bonchev–Trinajstić information content (AvgIpc) is 2.82. The highest BCUT2D eigenvalue weighted by Crippen LogP contribution is 2.18. The number of imidazole rings is 1. The first-order chi connectivity index (χ1) is 11.2. The van der Waals surface area contributed by atoms with Crippen LogP contribution < -0.4 is 0 Å². The van der Waals surface area contributed by atoms with Crippen molar-refractivity contribution < 1.29 is 0 Å². The molecule has 0 spiro atoms. The van der Waals surface area contributed by atoms with Crippen LogP contribution in [0.15, 0.2) is 36.9 Å². The summed E-state index contributed by atoms with van der Waals surface area (Å²) in [4.78, 5) is 13.7. The van der Waals surface area contributed by atoms with Gasteiger partial charge >= 0.3 is 0 Å². The lowest BCUT2D eigenvalue weighted by Gasteiger charge is -2.27. The fourth-order valence-corrected chi connectivity index (χ4v) is 3.38. The Kier molecular flexibility index (Phi) is 5.41. The van der Waals surface area contributed by atoms with Crippen molar-refractivity contribution in [2.45, 2.75) is 38.4 Å². The first-order valence-corrected chi connectivity index (χ1v) is 8.50. The van der Waals surface area contributed by atoms with E-state index in [0.29, 0.717) is 6.04 Å². The molecule has 1 fully saturated rings. The Morgan fingerprint density at radius 3 is 2.91 bits per heavy atom. The Morgan fingerprint density at radius 1 is 1.26 bits per heavy atom. The Labute approximate surface area is 139 Å². The molecule has 0 amide bonds. The third-order valence-corrected chi connectivity index (χ3v) is 4.85. The first-order valence-electron chi connectivity index (χ1n) is 8.50. The fraction of sp³-hybridized carbons (Fsp3) is 0.556. The number of pyridine rings is 1. The van der Waals surface area contributed by atoms with Crippen molar-refractivity contribution in [1.29, 1.82) is 0 Å². The second-order valence-electron chi connectivity index (χ2n) is 6.59. The van der Waals surface area contributed by atoms with Gasteiger partial charge in [0.15, 0.2) is 0 Å². The van der Waals surface area contributed by atoms with Crippen molar-refractivity contribution in [3.63, 3.8) is 0 Å². The van der Waals surface area contributed by atoms with E-state index in [0.717, 1.165) is 25.3 Å². The van der Waals surface area contributed by atoms with E-state index in [1.165, 1.54) is 31.5 Å². The van der Waals surface area contributed by atoms with Gasteiger partial charge in [-0.3, -0.25) is 14.8 Å². The quantitative estimate of drug-likeness (QED) is 0.849. The van der Waals surface area contributed by atoms with Gasteiger partial charge in [0, 0.05) is 45.1 Å². The Balaban J connectivity index is 1.52. The summed E-state index contributed by atoms with van der Waals surface area (Å²) in [7, 11) is 4.31.